The van der Waals surface area contributed by atoms with Gasteiger partial charge in [0.05, 0.1) is 6.61 Å². The molecule has 2 atom stereocenters. The van der Waals surface area contributed by atoms with E-state index in [1.165, 1.54) is 12.8 Å². The number of aliphatic hydroxyl groups excluding tert-OH is 1. The van der Waals surface area contributed by atoms with Crippen LogP contribution in [-0.2, 0) is 4.79 Å². The number of carbonyl (C=O) groups is 1. The normalized spacial score (nSPS) is 33.9. The van der Waals surface area contributed by atoms with E-state index in [9.17, 15) is 4.79 Å². The summed E-state index contributed by atoms with van der Waals surface area (Å²) in [4.78, 5) is 14.1. The lowest BCUT2D eigenvalue weighted by Crippen LogP contribution is -2.37. The van der Waals surface area contributed by atoms with Crippen molar-refractivity contribution in [2.24, 2.45) is 17.8 Å². The lowest BCUT2D eigenvalue weighted by Gasteiger charge is -2.21. The molecule has 1 N–H and O–H groups in total. The second kappa shape index (κ2) is 3.48. The Hall–Kier alpha value is -0.570. The molecule has 2 unspecified atom stereocenters. The van der Waals surface area contributed by atoms with Crippen LogP contribution in [0.25, 0.3) is 0 Å². The molecule has 0 aromatic heterocycles. The van der Waals surface area contributed by atoms with Gasteiger partial charge in [-0.3, -0.25) is 4.79 Å². The Balaban J connectivity index is 1.57. The third-order valence-electron chi connectivity index (χ3n) is 4.00. The van der Waals surface area contributed by atoms with E-state index in [2.05, 4.69) is 0 Å². The molecule has 3 aliphatic carbocycles. The van der Waals surface area contributed by atoms with Crippen LogP contribution < -0.4 is 0 Å². The first kappa shape index (κ1) is 9.64. The van der Waals surface area contributed by atoms with E-state index in [1.54, 1.807) is 0 Å². The van der Waals surface area contributed by atoms with Crippen molar-refractivity contribution in [3.05, 3.63) is 0 Å². The summed E-state index contributed by atoms with van der Waals surface area (Å²) in [5.74, 6) is 2.24. The molecule has 0 aliphatic heterocycles. The molecule has 0 bridgehead atoms. The second-order valence-electron chi connectivity index (χ2n) is 5.33. The molecule has 1 amide bonds. The lowest BCUT2D eigenvalue weighted by molar-refractivity contribution is -0.134. The van der Waals surface area contributed by atoms with E-state index in [0.717, 1.165) is 25.2 Å². The number of hydrogen-bond acceptors (Lipinski definition) is 2. The van der Waals surface area contributed by atoms with Crippen molar-refractivity contribution in [2.75, 3.05) is 13.2 Å². The number of amides is 1. The molecule has 0 saturated heterocycles. The maximum atomic E-state index is 12.1. The van der Waals surface area contributed by atoms with Gasteiger partial charge in [-0.15, -0.1) is 0 Å². The Labute approximate surface area is 90.5 Å². The van der Waals surface area contributed by atoms with Crippen LogP contribution in [0.2, 0.25) is 0 Å². The maximum absolute atomic E-state index is 12.1. The smallest absolute Gasteiger partial charge is 0.226 e. The van der Waals surface area contributed by atoms with Gasteiger partial charge in [0.2, 0.25) is 5.91 Å². The summed E-state index contributed by atoms with van der Waals surface area (Å²) in [5.41, 5.74) is 0. The number of carbonyl (C=O) groups excluding carboxylic acids is 1. The minimum Gasteiger partial charge on any atom is -0.395 e. The summed E-state index contributed by atoms with van der Waals surface area (Å²) in [7, 11) is 0. The van der Waals surface area contributed by atoms with Crippen LogP contribution in [0, 0.1) is 17.8 Å². The second-order valence-corrected chi connectivity index (χ2v) is 5.33. The van der Waals surface area contributed by atoms with E-state index in [4.69, 9.17) is 5.11 Å². The summed E-state index contributed by atoms with van der Waals surface area (Å²) < 4.78 is 0. The summed E-state index contributed by atoms with van der Waals surface area (Å²) in [6.07, 6.45) is 6.10. The standard InChI is InChI=1S/C12H19NO2/c14-6-5-13(9-3-4-9)12(15)11-7-10(11)8-1-2-8/h8-11,14H,1-7H2. The molecular formula is C12H19NO2. The van der Waals surface area contributed by atoms with Crippen LogP contribution in [0.5, 0.6) is 0 Å². The Morgan fingerprint density at radius 1 is 1.27 bits per heavy atom. The SMILES string of the molecule is O=C(C1CC1C1CC1)N(CCO)C1CC1. The van der Waals surface area contributed by atoms with Crippen molar-refractivity contribution < 1.29 is 9.90 Å². The highest BCUT2D eigenvalue weighted by Crippen LogP contribution is 2.55. The summed E-state index contributed by atoms with van der Waals surface area (Å²) in [6.45, 7) is 0.667. The average Bonchev–Trinajstić information content (AvgIpc) is 3.10. The Morgan fingerprint density at radius 2 is 2.00 bits per heavy atom. The Bertz CT molecular complexity index is 271. The molecule has 15 heavy (non-hydrogen) atoms. The molecule has 0 heterocycles. The zero-order valence-electron chi connectivity index (χ0n) is 9.06. The molecule has 3 rings (SSSR count). The molecule has 0 aromatic rings. The van der Waals surface area contributed by atoms with Crippen molar-refractivity contribution in [1.82, 2.24) is 4.90 Å². The van der Waals surface area contributed by atoms with Gasteiger partial charge in [0, 0.05) is 18.5 Å². The van der Waals surface area contributed by atoms with Crippen LogP contribution in [-0.4, -0.2) is 35.1 Å². The fraction of sp³-hybridized carbons (Fsp3) is 0.917. The molecular weight excluding hydrogens is 190 g/mol. The topological polar surface area (TPSA) is 40.5 Å². The lowest BCUT2D eigenvalue weighted by atomic mass is 10.2. The average molecular weight is 209 g/mol. The number of nitrogens with zero attached hydrogens (tertiary/aromatic N) is 1. The van der Waals surface area contributed by atoms with E-state index in [0.29, 0.717) is 30.3 Å². The van der Waals surface area contributed by atoms with Gasteiger partial charge in [-0.2, -0.15) is 0 Å². The number of aliphatic hydroxyl groups is 1. The van der Waals surface area contributed by atoms with Crippen molar-refractivity contribution >= 4 is 5.91 Å². The first-order valence-corrected chi connectivity index (χ1v) is 6.22. The minimum atomic E-state index is 0.114. The van der Waals surface area contributed by atoms with Crippen molar-refractivity contribution in [2.45, 2.75) is 38.1 Å². The van der Waals surface area contributed by atoms with Crippen LogP contribution in [0.4, 0.5) is 0 Å². The molecule has 3 aliphatic rings. The maximum Gasteiger partial charge on any atom is 0.226 e. The van der Waals surface area contributed by atoms with Gasteiger partial charge in [0.1, 0.15) is 0 Å². The summed E-state index contributed by atoms with van der Waals surface area (Å²) >= 11 is 0. The van der Waals surface area contributed by atoms with Gasteiger partial charge in [0.15, 0.2) is 0 Å². The first-order valence-electron chi connectivity index (χ1n) is 6.22. The van der Waals surface area contributed by atoms with Crippen LogP contribution in [0.15, 0.2) is 0 Å². The van der Waals surface area contributed by atoms with Gasteiger partial charge in [-0.1, -0.05) is 0 Å². The largest absolute Gasteiger partial charge is 0.395 e. The molecule has 3 nitrogen and oxygen atoms in total. The van der Waals surface area contributed by atoms with E-state index < -0.39 is 0 Å². The molecule has 3 fully saturated rings. The highest BCUT2D eigenvalue weighted by Gasteiger charge is 2.53. The predicted molar refractivity (Wildman–Crippen MR) is 56.1 cm³/mol. The number of hydrogen-bond donors (Lipinski definition) is 1. The Morgan fingerprint density at radius 3 is 2.53 bits per heavy atom. The molecule has 3 heteroatoms. The van der Waals surface area contributed by atoms with Gasteiger partial charge in [-0.05, 0) is 43.9 Å². The molecule has 3 saturated carbocycles. The minimum absolute atomic E-state index is 0.114. The van der Waals surface area contributed by atoms with Gasteiger partial charge in [0.25, 0.3) is 0 Å². The summed E-state index contributed by atoms with van der Waals surface area (Å²) in [6, 6.07) is 0.463. The number of rotatable bonds is 5. The highest BCUT2D eigenvalue weighted by molar-refractivity contribution is 5.82. The third kappa shape index (κ3) is 1.89. The molecule has 0 radical (unpaired) electrons. The first-order chi connectivity index (χ1) is 7.31. The fourth-order valence-electron chi connectivity index (χ4n) is 2.72. The van der Waals surface area contributed by atoms with E-state index >= 15 is 0 Å². The van der Waals surface area contributed by atoms with E-state index in [-0.39, 0.29) is 6.61 Å². The van der Waals surface area contributed by atoms with Crippen molar-refractivity contribution in [3.63, 3.8) is 0 Å². The van der Waals surface area contributed by atoms with Crippen LogP contribution in [0.1, 0.15) is 32.1 Å². The van der Waals surface area contributed by atoms with Crippen LogP contribution >= 0.6 is 0 Å². The molecule has 84 valence electrons. The van der Waals surface area contributed by atoms with Crippen molar-refractivity contribution in [1.29, 1.82) is 0 Å². The monoisotopic (exact) mass is 209 g/mol. The molecule has 0 spiro atoms. The zero-order chi connectivity index (χ0) is 10.4. The van der Waals surface area contributed by atoms with Crippen molar-refractivity contribution in [3.8, 4) is 0 Å². The molecule has 0 aromatic carbocycles. The van der Waals surface area contributed by atoms with Gasteiger partial charge >= 0.3 is 0 Å². The Kier molecular flexibility index (Phi) is 2.23. The van der Waals surface area contributed by atoms with E-state index in [1.807, 2.05) is 4.90 Å². The van der Waals surface area contributed by atoms with Crippen LogP contribution in [0.3, 0.4) is 0 Å². The highest BCUT2D eigenvalue weighted by atomic mass is 16.3. The predicted octanol–water partition coefficient (Wildman–Crippen LogP) is 1.02. The quantitative estimate of drug-likeness (QED) is 0.734. The third-order valence-corrected chi connectivity index (χ3v) is 4.00. The van der Waals surface area contributed by atoms with Gasteiger partial charge < -0.3 is 10.0 Å². The zero-order valence-corrected chi connectivity index (χ0v) is 9.06. The van der Waals surface area contributed by atoms with Gasteiger partial charge in [-0.25, -0.2) is 0 Å². The fourth-order valence-corrected chi connectivity index (χ4v) is 2.72. The summed E-state index contributed by atoms with van der Waals surface area (Å²) in [5, 5.41) is 8.96.